The predicted octanol–water partition coefficient (Wildman–Crippen LogP) is 4.06. The summed E-state index contributed by atoms with van der Waals surface area (Å²) in [4.78, 5) is 14.3. The molecule has 5 rings (SSSR count). The summed E-state index contributed by atoms with van der Waals surface area (Å²) in [6, 6.07) is 11.5. The van der Waals surface area contributed by atoms with Crippen molar-refractivity contribution in [2.24, 2.45) is 0 Å². The predicted molar refractivity (Wildman–Crippen MR) is 126 cm³/mol. The summed E-state index contributed by atoms with van der Waals surface area (Å²) >= 11 is 0. The van der Waals surface area contributed by atoms with E-state index in [1.54, 1.807) is 13.2 Å². The molecule has 1 aliphatic rings. The molecule has 4 aromatic rings. The van der Waals surface area contributed by atoms with Crippen molar-refractivity contribution in [1.29, 1.82) is 0 Å². The Balaban J connectivity index is 1.37. The van der Waals surface area contributed by atoms with Gasteiger partial charge in [-0.05, 0) is 63.2 Å². The highest BCUT2D eigenvalue weighted by atomic mass is 16.5. The molecular weight excluding hydrogens is 420 g/mol. The highest BCUT2D eigenvalue weighted by molar-refractivity contribution is 5.87. The number of benzene rings is 2. The molecule has 172 valence electrons. The lowest BCUT2D eigenvalue weighted by atomic mass is 10.2. The van der Waals surface area contributed by atoms with Crippen LogP contribution in [0.15, 0.2) is 42.7 Å². The van der Waals surface area contributed by atoms with E-state index in [1.807, 2.05) is 31.2 Å². The number of β-amino-alcohol motifs (C(OH)–C–C–N with tert-alkyl or cyclic N) is 1. The number of aromatic nitrogens is 3. The van der Waals surface area contributed by atoms with Gasteiger partial charge >= 0.3 is 0 Å². The number of aliphatic hydroxyl groups is 1. The minimum atomic E-state index is -0.570. The van der Waals surface area contributed by atoms with Gasteiger partial charge in [0.05, 0.1) is 18.0 Å². The van der Waals surface area contributed by atoms with Crippen molar-refractivity contribution in [1.82, 2.24) is 19.9 Å². The van der Waals surface area contributed by atoms with E-state index in [0.29, 0.717) is 40.6 Å². The number of methoxy groups -OCH3 is 1. The number of aliphatic hydroxyl groups excluding tert-OH is 1. The number of aromatic amines is 1. The monoisotopic (exact) mass is 448 g/mol. The van der Waals surface area contributed by atoms with Gasteiger partial charge in [0.15, 0.2) is 11.5 Å². The molecule has 0 saturated carbocycles. The van der Waals surface area contributed by atoms with Crippen LogP contribution in [0.1, 0.15) is 18.5 Å². The van der Waals surface area contributed by atoms with E-state index < -0.39 is 6.10 Å². The van der Waals surface area contributed by atoms with Gasteiger partial charge in [-0.25, -0.2) is 9.97 Å². The molecule has 1 saturated heterocycles. The zero-order valence-corrected chi connectivity index (χ0v) is 18.9. The van der Waals surface area contributed by atoms with Crippen molar-refractivity contribution in [3.63, 3.8) is 0 Å². The van der Waals surface area contributed by atoms with E-state index in [1.165, 1.54) is 19.2 Å². The third kappa shape index (κ3) is 4.72. The van der Waals surface area contributed by atoms with Crippen molar-refractivity contribution >= 4 is 21.8 Å². The summed E-state index contributed by atoms with van der Waals surface area (Å²) in [5.74, 6) is 2.18. The minimum Gasteiger partial charge on any atom is -0.493 e. The summed E-state index contributed by atoms with van der Waals surface area (Å²) in [7, 11) is 1.58. The van der Waals surface area contributed by atoms with Crippen LogP contribution in [0, 0.1) is 6.92 Å². The van der Waals surface area contributed by atoms with Gasteiger partial charge < -0.3 is 29.2 Å². The maximum Gasteiger partial charge on any atom is 0.230 e. The zero-order valence-electron chi connectivity index (χ0n) is 18.9. The third-order valence-corrected chi connectivity index (χ3v) is 5.92. The van der Waals surface area contributed by atoms with E-state index in [9.17, 15) is 5.11 Å². The second kappa shape index (κ2) is 9.25. The summed E-state index contributed by atoms with van der Waals surface area (Å²) in [5, 5.41) is 12.2. The Bertz CT molecular complexity index is 1270. The number of nitrogens with zero attached hydrogens (tertiary/aromatic N) is 3. The van der Waals surface area contributed by atoms with Crippen LogP contribution in [0.2, 0.25) is 0 Å². The molecule has 3 heterocycles. The number of rotatable bonds is 8. The number of fused-ring (bicyclic) bond motifs is 2. The van der Waals surface area contributed by atoms with E-state index in [2.05, 4.69) is 25.9 Å². The molecule has 2 aromatic heterocycles. The topological polar surface area (TPSA) is 92.7 Å². The molecule has 33 heavy (non-hydrogen) atoms. The van der Waals surface area contributed by atoms with Crippen molar-refractivity contribution in [3.8, 4) is 23.1 Å². The van der Waals surface area contributed by atoms with Crippen LogP contribution in [-0.4, -0.2) is 64.4 Å². The van der Waals surface area contributed by atoms with Crippen molar-refractivity contribution in [3.05, 3.63) is 48.4 Å². The first-order valence-corrected chi connectivity index (χ1v) is 11.2. The first-order valence-electron chi connectivity index (χ1n) is 11.2. The Hall–Kier alpha value is -3.36. The van der Waals surface area contributed by atoms with Gasteiger partial charge in [0.1, 0.15) is 24.8 Å². The lowest BCUT2D eigenvalue weighted by Crippen LogP contribution is -2.33. The first kappa shape index (κ1) is 21.5. The minimum absolute atomic E-state index is 0.183. The van der Waals surface area contributed by atoms with Gasteiger partial charge in [-0.3, -0.25) is 0 Å². The first-order chi connectivity index (χ1) is 16.1. The zero-order chi connectivity index (χ0) is 22.8. The average Bonchev–Trinajstić information content (AvgIpc) is 3.45. The Morgan fingerprint density at radius 2 is 1.94 bits per heavy atom. The van der Waals surface area contributed by atoms with E-state index in [0.717, 1.165) is 29.7 Å². The van der Waals surface area contributed by atoms with Gasteiger partial charge in [-0.2, -0.15) is 0 Å². The molecule has 0 spiro atoms. The molecule has 1 fully saturated rings. The Kier molecular flexibility index (Phi) is 6.02. The molecule has 2 aromatic carbocycles. The fraction of sp³-hybridized carbons (Fsp3) is 0.360. The average molecular weight is 449 g/mol. The molecule has 0 amide bonds. The van der Waals surface area contributed by atoms with Crippen molar-refractivity contribution in [2.75, 3.05) is 33.4 Å². The standard InChI is InChI=1S/C25H28N4O4/c1-16-9-17-10-19(5-6-21(17)28-16)33-25-20-11-23(31-2)24(12-22(20)26-15-27-25)32-14-18(30)13-29-7-3-4-8-29/h5-6,9-12,15,18,28,30H,3-4,7-8,13-14H2,1-2H3/t18-/m1/s1. The van der Waals surface area contributed by atoms with E-state index in [4.69, 9.17) is 14.2 Å². The number of likely N-dealkylation sites (tertiary alicyclic amines) is 1. The number of nitrogens with one attached hydrogen (secondary N) is 1. The van der Waals surface area contributed by atoms with Crippen LogP contribution in [0.3, 0.4) is 0 Å². The third-order valence-electron chi connectivity index (χ3n) is 5.92. The number of H-pyrrole nitrogens is 1. The van der Waals surface area contributed by atoms with Crippen LogP contribution < -0.4 is 14.2 Å². The highest BCUT2D eigenvalue weighted by Gasteiger charge is 2.18. The van der Waals surface area contributed by atoms with E-state index in [-0.39, 0.29) is 6.61 Å². The molecule has 2 N–H and O–H groups in total. The Morgan fingerprint density at radius 1 is 1.09 bits per heavy atom. The Labute approximate surface area is 192 Å². The molecule has 0 radical (unpaired) electrons. The maximum absolute atomic E-state index is 10.4. The highest BCUT2D eigenvalue weighted by Crippen LogP contribution is 2.36. The van der Waals surface area contributed by atoms with Crippen LogP contribution in [0.4, 0.5) is 0 Å². The lowest BCUT2D eigenvalue weighted by Gasteiger charge is -2.20. The second-order valence-electron chi connectivity index (χ2n) is 8.48. The molecular formula is C25H28N4O4. The quantitative estimate of drug-likeness (QED) is 0.420. The summed E-state index contributed by atoms with van der Waals surface area (Å²) in [5.41, 5.74) is 2.82. The normalized spacial score (nSPS) is 15.2. The lowest BCUT2D eigenvalue weighted by molar-refractivity contribution is 0.0747. The molecule has 0 bridgehead atoms. The fourth-order valence-electron chi connectivity index (χ4n) is 4.33. The smallest absolute Gasteiger partial charge is 0.230 e. The van der Waals surface area contributed by atoms with Gasteiger partial charge in [0, 0.05) is 29.2 Å². The largest absolute Gasteiger partial charge is 0.493 e. The number of aryl methyl sites for hydroxylation is 1. The molecule has 8 nitrogen and oxygen atoms in total. The van der Waals surface area contributed by atoms with Crippen LogP contribution in [-0.2, 0) is 0 Å². The van der Waals surface area contributed by atoms with Gasteiger partial charge in [-0.1, -0.05) is 0 Å². The maximum atomic E-state index is 10.4. The van der Waals surface area contributed by atoms with Gasteiger partial charge in [-0.15, -0.1) is 0 Å². The van der Waals surface area contributed by atoms with Gasteiger partial charge in [0.2, 0.25) is 5.88 Å². The molecule has 0 unspecified atom stereocenters. The van der Waals surface area contributed by atoms with Crippen LogP contribution in [0.5, 0.6) is 23.1 Å². The molecule has 1 aliphatic heterocycles. The van der Waals surface area contributed by atoms with Crippen molar-refractivity contribution < 1.29 is 19.3 Å². The SMILES string of the molecule is COc1cc2c(Oc3ccc4[nH]c(C)cc4c3)ncnc2cc1OC[C@H](O)CN1CCCC1. The van der Waals surface area contributed by atoms with Gasteiger partial charge in [0.25, 0.3) is 0 Å². The summed E-state index contributed by atoms with van der Waals surface area (Å²) in [6.07, 6.45) is 3.28. The number of hydrogen-bond acceptors (Lipinski definition) is 7. The summed E-state index contributed by atoms with van der Waals surface area (Å²) < 4.78 is 17.6. The van der Waals surface area contributed by atoms with Crippen LogP contribution in [0.25, 0.3) is 21.8 Å². The molecule has 1 atom stereocenters. The second-order valence-corrected chi connectivity index (χ2v) is 8.48. The van der Waals surface area contributed by atoms with Crippen LogP contribution >= 0.6 is 0 Å². The van der Waals surface area contributed by atoms with E-state index >= 15 is 0 Å². The fourth-order valence-corrected chi connectivity index (χ4v) is 4.33. The summed E-state index contributed by atoms with van der Waals surface area (Å²) in [6.45, 7) is 4.89. The van der Waals surface area contributed by atoms with Crippen molar-refractivity contribution in [2.45, 2.75) is 25.9 Å². The number of ether oxygens (including phenoxy) is 3. The molecule has 8 heteroatoms. The molecule has 0 aliphatic carbocycles. The Morgan fingerprint density at radius 3 is 2.76 bits per heavy atom. The number of hydrogen-bond donors (Lipinski definition) is 2.